The van der Waals surface area contributed by atoms with Crippen molar-refractivity contribution in [1.82, 2.24) is 4.90 Å². The number of hydrogen-bond acceptors (Lipinski definition) is 4. The molecule has 27 heavy (non-hydrogen) atoms. The summed E-state index contributed by atoms with van der Waals surface area (Å²) in [5.41, 5.74) is 1.77. The Morgan fingerprint density at radius 3 is 2.30 bits per heavy atom. The van der Waals surface area contributed by atoms with E-state index in [1.54, 1.807) is 29.2 Å². The van der Waals surface area contributed by atoms with Gasteiger partial charge >= 0.3 is 0 Å². The molecule has 0 radical (unpaired) electrons. The lowest BCUT2D eigenvalue weighted by Crippen LogP contribution is -2.62. The van der Waals surface area contributed by atoms with E-state index in [1.165, 1.54) is 0 Å². The van der Waals surface area contributed by atoms with Crippen molar-refractivity contribution in [2.24, 2.45) is 0 Å². The van der Waals surface area contributed by atoms with Gasteiger partial charge in [0.1, 0.15) is 0 Å². The van der Waals surface area contributed by atoms with Crippen LogP contribution < -0.4 is 4.90 Å². The van der Waals surface area contributed by atoms with Crippen LogP contribution in [0.3, 0.4) is 0 Å². The lowest BCUT2D eigenvalue weighted by molar-refractivity contribution is -0.124. The molecule has 142 valence electrons. The average Bonchev–Trinajstić information content (AvgIpc) is 2.97. The maximum Gasteiger partial charge on any atom is 0.241 e. The van der Waals surface area contributed by atoms with Crippen LogP contribution in [0.1, 0.15) is 18.5 Å². The third-order valence-corrected chi connectivity index (χ3v) is 7.47. The molecule has 0 bridgehead atoms. The highest BCUT2D eigenvalue weighted by Gasteiger charge is 2.50. The van der Waals surface area contributed by atoms with E-state index < -0.39 is 9.84 Å². The number of halogens is 1. The number of amides is 1. The minimum absolute atomic E-state index is 0.00988. The third kappa shape index (κ3) is 3.49. The molecule has 5 nitrogen and oxygen atoms in total. The zero-order chi connectivity index (χ0) is 19.2. The SMILES string of the molecule is CC(c1ccccc1)N1CC(=O)N(c2ccc(Cl)cc2)C2CS(=O)(=O)CC21. The van der Waals surface area contributed by atoms with Crippen molar-refractivity contribution in [1.29, 1.82) is 0 Å². The minimum atomic E-state index is -3.21. The molecule has 2 fully saturated rings. The first-order valence-corrected chi connectivity index (χ1v) is 11.1. The Kier molecular flexibility index (Phi) is 4.74. The van der Waals surface area contributed by atoms with Gasteiger partial charge in [-0.2, -0.15) is 0 Å². The Labute approximate surface area is 164 Å². The van der Waals surface area contributed by atoms with E-state index >= 15 is 0 Å². The summed E-state index contributed by atoms with van der Waals surface area (Å²) >= 11 is 5.97. The predicted molar refractivity (Wildman–Crippen MR) is 107 cm³/mol. The van der Waals surface area contributed by atoms with Crippen LogP contribution in [0.15, 0.2) is 54.6 Å². The molecule has 0 aliphatic carbocycles. The highest BCUT2D eigenvalue weighted by Crippen LogP contribution is 2.36. The van der Waals surface area contributed by atoms with Crippen LogP contribution >= 0.6 is 11.6 Å². The van der Waals surface area contributed by atoms with Crippen LogP contribution in [-0.2, 0) is 14.6 Å². The molecule has 2 aromatic carbocycles. The van der Waals surface area contributed by atoms with Crippen LogP contribution in [0.5, 0.6) is 0 Å². The second-order valence-electron chi connectivity index (χ2n) is 7.21. The number of piperazine rings is 1. The molecule has 3 unspecified atom stereocenters. The number of fused-ring (bicyclic) bond motifs is 1. The molecular weight excluding hydrogens is 384 g/mol. The Hall–Kier alpha value is -1.89. The van der Waals surface area contributed by atoms with E-state index in [2.05, 4.69) is 0 Å². The Balaban J connectivity index is 1.71. The molecule has 2 heterocycles. The number of carbonyl (C=O) groups is 1. The second-order valence-corrected chi connectivity index (χ2v) is 9.80. The van der Waals surface area contributed by atoms with Crippen LogP contribution in [0, 0.1) is 0 Å². The first-order valence-electron chi connectivity index (χ1n) is 8.94. The molecular formula is C20H21ClN2O3S. The Bertz CT molecular complexity index is 947. The number of carbonyl (C=O) groups excluding carboxylic acids is 1. The normalized spacial score (nSPS) is 26.0. The van der Waals surface area contributed by atoms with E-state index in [9.17, 15) is 13.2 Å². The van der Waals surface area contributed by atoms with Gasteiger partial charge in [-0.05, 0) is 36.8 Å². The van der Waals surface area contributed by atoms with Crippen LogP contribution in [0.25, 0.3) is 0 Å². The summed E-state index contributed by atoms with van der Waals surface area (Å²) in [5, 5.41) is 0.582. The fourth-order valence-electron chi connectivity index (χ4n) is 4.19. The van der Waals surface area contributed by atoms with E-state index in [4.69, 9.17) is 11.6 Å². The van der Waals surface area contributed by atoms with Gasteiger partial charge < -0.3 is 4.90 Å². The molecule has 2 aliphatic rings. The summed E-state index contributed by atoms with van der Waals surface area (Å²) in [6.07, 6.45) is 0. The van der Waals surface area contributed by atoms with Crippen molar-refractivity contribution in [2.45, 2.75) is 25.0 Å². The number of sulfone groups is 1. The number of anilines is 1. The van der Waals surface area contributed by atoms with Gasteiger partial charge in [0.2, 0.25) is 5.91 Å². The maximum atomic E-state index is 13.0. The molecule has 0 saturated carbocycles. The largest absolute Gasteiger partial charge is 0.306 e. The Morgan fingerprint density at radius 1 is 1.00 bits per heavy atom. The van der Waals surface area contributed by atoms with Gasteiger partial charge in [0.25, 0.3) is 0 Å². The van der Waals surface area contributed by atoms with E-state index in [1.807, 2.05) is 42.2 Å². The fourth-order valence-corrected chi connectivity index (χ4v) is 6.28. The van der Waals surface area contributed by atoms with Crippen molar-refractivity contribution in [2.75, 3.05) is 23.0 Å². The molecule has 1 amide bonds. The molecule has 3 atom stereocenters. The average molecular weight is 405 g/mol. The molecule has 7 heteroatoms. The van der Waals surface area contributed by atoms with Gasteiger partial charge in [-0.3, -0.25) is 9.69 Å². The smallest absolute Gasteiger partial charge is 0.241 e. The standard InChI is InChI=1S/C20H21ClN2O3S/c1-14(15-5-3-2-4-6-15)22-11-20(24)23(17-9-7-16(21)8-10-17)19-13-27(25,26)12-18(19)22/h2-10,14,18-19H,11-13H2,1H3. The van der Waals surface area contributed by atoms with Crippen molar-refractivity contribution in [3.63, 3.8) is 0 Å². The molecule has 0 N–H and O–H groups in total. The topological polar surface area (TPSA) is 57.7 Å². The predicted octanol–water partition coefficient (Wildman–Crippen LogP) is 2.92. The fraction of sp³-hybridized carbons (Fsp3) is 0.350. The van der Waals surface area contributed by atoms with E-state index in [0.29, 0.717) is 10.7 Å². The van der Waals surface area contributed by atoms with Gasteiger partial charge in [-0.15, -0.1) is 0 Å². The zero-order valence-corrected chi connectivity index (χ0v) is 16.5. The quantitative estimate of drug-likeness (QED) is 0.789. The highest BCUT2D eigenvalue weighted by molar-refractivity contribution is 7.91. The lowest BCUT2D eigenvalue weighted by atomic mass is 9.98. The zero-order valence-electron chi connectivity index (χ0n) is 15.0. The number of rotatable bonds is 3. The number of hydrogen-bond donors (Lipinski definition) is 0. The third-order valence-electron chi connectivity index (χ3n) is 5.52. The van der Waals surface area contributed by atoms with Crippen molar-refractivity contribution >= 4 is 33.0 Å². The maximum absolute atomic E-state index is 13.0. The van der Waals surface area contributed by atoms with Gasteiger partial charge in [-0.25, -0.2) is 8.42 Å². The van der Waals surface area contributed by atoms with Crippen molar-refractivity contribution in [3.8, 4) is 0 Å². The first kappa shape index (κ1) is 18.5. The molecule has 0 spiro atoms. The summed E-state index contributed by atoms with van der Waals surface area (Å²) in [6, 6.07) is 16.2. The van der Waals surface area contributed by atoms with Gasteiger partial charge in [0, 0.05) is 22.8 Å². The molecule has 0 aromatic heterocycles. The van der Waals surface area contributed by atoms with Gasteiger partial charge in [0.05, 0.1) is 24.1 Å². The number of benzene rings is 2. The monoisotopic (exact) mass is 404 g/mol. The number of nitrogens with zero attached hydrogens (tertiary/aromatic N) is 2. The molecule has 4 rings (SSSR count). The second kappa shape index (κ2) is 6.93. The Morgan fingerprint density at radius 2 is 1.63 bits per heavy atom. The summed E-state index contributed by atoms with van der Waals surface area (Å²) < 4.78 is 24.9. The van der Waals surface area contributed by atoms with E-state index in [0.717, 1.165) is 5.56 Å². The first-order chi connectivity index (χ1) is 12.9. The molecule has 2 aliphatic heterocycles. The summed E-state index contributed by atoms with van der Waals surface area (Å²) in [4.78, 5) is 16.7. The van der Waals surface area contributed by atoms with Crippen molar-refractivity contribution < 1.29 is 13.2 Å². The van der Waals surface area contributed by atoms with E-state index in [-0.39, 0.29) is 42.1 Å². The summed E-state index contributed by atoms with van der Waals surface area (Å²) in [6.45, 7) is 2.22. The highest BCUT2D eigenvalue weighted by atomic mass is 35.5. The summed E-state index contributed by atoms with van der Waals surface area (Å²) in [5.74, 6) is -0.0190. The van der Waals surface area contributed by atoms with Crippen molar-refractivity contribution in [3.05, 3.63) is 65.2 Å². The lowest BCUT2D eigenvalue weighted by Gasteiger charge is -2.46. The minimum Gasteiger partial charge on any atom is -0.306 e. The molecule has 2 aromatic rings. The summed E-state index contributed by atoms with van der Waals surface area (Å²) in [7, 11) is -3.21. The van der Waals surface area contributed by atoms with Crippen LogP contribution in [0.4, 0.5) is 5.69 Å². The van der Waals surface area contributed by atoms with Gasteiger partial charge in [0.15, 0.2) is 9.84 Å². The van der Waals surface area contributed by atoms with Crippen LogP contribution in [0.2, 0.25) is 5.02 Å². The van der Waals surface area contributed by atoms with Gasteiger partial charge in [-0.1, -0.05) is 41.9 Å². The van der Waals surface area contributed by atoms with Crippen LogP contribution in [-0.4, -0.2) is 49.4 Å². The molecule has 2 saturated heterocycles.